The quantitative estimate of drug-likeness (QED) is 0.793. The monoisotopic (exact) mass is 249 g/mol. The van der Waals surface area contributed by atoms with Crippen LogP contribution in [0, 0.1) is 0 Å². The number of halogens is 4. The zero-order chi connectivity index (χ0) is 12.9. The van der Waals surface area contributed by atoms with Crippen LogP contribution in [0.1, 0.15) is 24.8 Å². The lowest BCUT2D eigenvalue weighted by Crippen LogP contribution is -2.30. The summed E-state index contributed by atoms with van der Waals surface area (Å²) >= 11 is 0. The number of hydrogen-bond acceptors (Lipinski definition) is 1. The molecule has 0 amide bonds. The van der Waals surface area contributed by atoms with Crippen LogP contribution < -0.4 is 5.73 Å². The maximum Gasteiger partial charge on any atom is 0.389 e. The average molecular weight is 249 g/mol. The number of nitrogens with two attached hydrogens (primary N) is 1. The van der Waals surface area contributed by atoms with Crippen LogP contribution in [-0.2, 0) is 5.67 Å². The molecule has 0 bridgehead atoms. The van der Waals surface area contributed by atoms with Crippen molar-refractivity contribution < 1.29 is 17.6 Å². The molecule has 0 aliphatic heterocycles. The summed E-state index contributed by atoms with van der Waals surface area (Å²) in [5.41, 5.74) is 3.80. The highest BCUT2D eigenvalue weighted by Gasteiger charge is 2.33. The van der Waals surface area contributed by atoms with Crippen LogP contribution in [0.4, 0.5) is 17.6 Å². The van der Waals surface area contributed by atoms with Gasteiger partial charge in [-0.05, 0) is 18.4 Å². The van der Waals surface area contributed by atoms with Crippen molar-refractivity contribution in [3.8, 4) is 0 Å². The van der Waals surface area contributed by atoms with Crippen molar-refractivity contribution in [2.75, 3.05) is 6.54 Å². The fourth-order valence-electron chi connectivity index (χ4n) is 1.67. The molecule has 0 saturated heterocycles. The van der Waals surface area contributed by atoms with E-state index < -0.39 is 18.3 Å². The van der Waals surface area contributed by atoms with E-state index in [0.717, 1.165) is 0 Å². The summed E-state index contributed by atoms with van der Waals surface area (Å²) < 4.78 is 50.3. The maximum atomic E-state index is 14.3. The molecule has 96 valence electrons. The lowest BCUT2D eigenvalue weighted by atomic mass is 9.90. The largest absolute Gasteiger partial charge is 0.389 e. The summed E-state index contributed by atoms with van der Waals surface area (Å²) in [6.45, 7) is -0.311. The van der Waals surface area contributed by atoms with Gasteiger partial charge in [-0.25, -0.2) is 4.39 Å². The van der Waals surface area contributed by atoms with E-state index in [1.165, 1.54) is 0 Å². The van der Waals surface area contributed by atoms with Gasteiger partial charge in [-0.3, -0.25) is 0 Å². The second-order valence-electron chi connectivity index (χ2n) is 4.00. The first-order chi connectivity index (χ1) is 7.87. The highest BCUT2D eigenvalue weighted by Crippen LogP contribution is 2.33. The Morgan fingerprint density at radius 3 is 2.00 bits per heavy atom. The second-order valence-corrected chi connectivity index (χ2v) is 4.00. The van der Waals surface area contributed by atoms with E-state index in [4.69, 9.17) is 5.73 Å². The summed E-state index contributed by atoms with van der Waals surface area (Å²) in [6, 6.07) is 8.09. The van der Waals surface area contributed by atoms with E-state index in [0.29, 0.717) is 5.56 Å². The fraction of sp³-hybridized carbons (Fsp3) is 0.500. The molecule has 1 unspecified atom stereocenters. The Labute approximate surface area is 97.6 Å². The third kappa shape index (κ3) is 4.34. The van der Waals surface area contributed by atoms with E-state index in [1.54, 1.807) is 30.3 Å². The molecule has 1 atom stereocenters. The summed E-state index contributed by atoms with van der Waals surface area (Å²) in [4.78, 5) is 0. The van der Waals surface area contributed by atoms with Crippen molar-refractivity contribution in [1.82, 2.24) is 0 Å². The van der Waals surface area contributed by atoms with Gasteiger partial charge in [-0.2, -0.15) is 13.2 Å². The number of alkyl halides is 4. The molecule has 0 heterocycles. The third-order valence-electron chi connectivity index (χ3n) is 2.65. The van der Waals surface area contributed by atoms with Gasteiger partial charge in [0, 0.05) is 13.0 Å². The summed E-state index contributed by atoms with van der Waals surface area (Å²) in [6.07, 6.45) is -5.70. The Bertz CT molecular complexity index is 336. The smallest absolute Gasteiger partial charge is 0.327 e. The molecule has 0 aliphatic carbocycles. The Hall–Kier alpha value is -1.10. The van der Waals surface area contributed by atoms with Gasteiger partial charge in [0.15, 0.2) is 0 Å². The molecule has 1 nitrogen and oxygen atoms in total. The van der Waals surface area contributed by atoms with Gasteiger partial charge in [-0.15, -0.1) is 0 Å². The third-order valence-corrected chi connectivity index (χ3v) is 2.65. The van der Waals surface area contributed by atoms with E-state index in [2.05, 4.69) is 0 Å². The fourth-order valence-corrected chi connectivity index (χ4v) is 1.67. The molecule has 1 aromatic carbocycles. The summed E-state index contributed by atoms with van der Waals surface area (Å²) in [7, 11) is 0. The van der Waals surface area contributed by atoms with Gasteiger partial charge in [-0.1, -0.05) is 30.3 Å². The van der Waals surface area contributed by atoms with Gasteiger partial charge in [0.05, 0.1) is 0 Å². The van der Waals surface area contributed by atoms with Gasteiger partial charge in [0.25, 0.3) is 0 Å². The van der Waals surface area contributed by atoms with Gasteiger partial charge < -0.3 is 5.73 Å². The van der Waals surface area contributed by atoms with E-state index >= 15 is 0 Å². The minimum Gasteiger partial charge on any atom is -0.327 e. The molecular weight excluding hydrogens is 234 g/mol. The molecule has 1 rings (SSSR count). The molecule has 0 radical (unpaired) electrons. The van der Waals surface area contributed by atoms with Crippen molar-refractivity contribution in [3.63, 3.8) is 0 Å². The zero-order valence-corrected chi connectivity index (χ0v) is 9.30. The lowest BCUT2D eigenvalue weighted by molar-refractivity contribution is -0.137. The van der Waals surface area contributed by atoms with Gasteiger partial charge >= 0.3 is 6.18 Å². The zero-order valence-electron chi connectivity index (χ0n) is 9.30. The second kappa shape index (κ2) is 5.49. The van der Waals surface area contributed by atoms with E-state index in [1.807, 2.05) is 0 Å². The molecule has 17 heavy (non-hydrogen) atoms. The van der Waals surface area contributed by atoms with E-state index in [9.17, 15) is 17.6 Å². The molecule has 0 fully saturated rings. The highest BCUT2D eigenvalue weighted by molar-refractivity contribution is 5.22. The molecule has 0 aromatic heterocycles. The summed E-state index contributed by atoms with van der Waals surface area (Å²) in [5.74, 6) is 0. The molecule has 5 heteroatoms. The summed E-state index contributed by atoms with van der Waals surface area (Å²) in [5, 5.41) is 0. The van der Waals surface area contributed by atoms with Crippen molar-refractivity contribution >= 4 is 0 Å². The standard InChI is InChI=1S/C12H15F4N/c13-11(9-17,7-4-8-12(14,15)16)10-5-2-1-3-6-10/h1-3,5-6H,4,7-9,17H2. The van der Waals surface area contributed by atoms with Crippen molar-refractivity contribution in [3.05, 3.63) is 35.9 Å². The first-order valence-electron chi connectivity index (χ1n) is 5.39. The number of benzene rings is 1. The maximum absolute atomic E-state index is 14.3. The molecule has 0 spiro atoms. The molecule has 2 N–H and O–H groups in total. The van der Waals surface area contributed by atoms with Crippen LogP contribution in [0.25, 0.3) is 0 Å². The lowest BCUT2D eigenvalue weighted by Gasteiger charge is -2.24. The topological polar surface area (TPSA) is 26.0 Å². The number of hydrogen-bond donors (Lipinski definition) is 1. The Kier molecular flexibility index (Phi) is 4.51. The highest BCUT2D eigenvalue weighted by atomic mass is 19.4. The first kappa shape index (κ1) is 14.0. The minimum atomic E-state index is -4.24. The first-order valence-corrected chi connectivity index (χ1v) is 5.39. The average Bonchev–Trinajstić information content (AvgIpc) is 2.28. The van der Waals surface area contributed by atoms with Crippen LogP contribution in [0.15, 0.2) is 30.3 Å². The van der Waals surface area contributed by atoms with Crippen LogP contribution in [-0.4, -0.2) is 12.7 Å². The predicted octanol–water partition coefficient (Wildman–Crippen LogP) is 3.54. The molecule has 0 saturated carbocycles. The predicted molar refractivity (Wildman–Crippen MR) is 58.2 cm³/mol. The Morgan fingerprint density at radius 1 is 0.941 bits per heavy atom. The van der Waals surface area contributed by atoms with Crippen molar-refractivity contribution in [1.29, 1.82) is 0 Å². The SMILES string of the molecule is NCC(F)(CCCC(F)(F)F)c1ccccc1. The van der Waals surface area contributed by atoms with Crippen LogP contribution in [0.2, 0.25) is 0 Å². The number of rotatable bonds is 5. The minimum absolute atomic E-state index is 0.215. The Morgan fingerprint density at radius 2 is 1.53 bits per heavy atom. The van der Waals surface area contributed by atoms with Crippen molar-refractivity contribution in [2.45, 2.75) is 31.1 Å². The van der Waals surface area contributed by atoms with Gasteiger partial charge in [0.1, 0.15) is 5.67 Å². The van der Waals surface area contributed by atoms with E-state index in [-0.39, 0.29) is 19.4 Å². The van der Waals surface area contributed by atoms with Gasteiger partial charge in [0.2, 0.25) is 0 Å². The van der Waals surface area contributed by atoms with Crippen LogP contribution >= 0.6 is 0 Å². The molecule has 0 aliphatic rings. The van der Waals surface area contributed by atoms with Crippen molar-refractivity contribution in [2.24, 2.45) is 5.73 Å². The van der Waals surface area contributed by atoms with Crippen LogP contribution in [0.3, 0.4) is 0 Å². The Balaban J connectivity index is 2.64. The molecular formula is C12H15F4N. The van der Waals surface area contributed by atoms with Crippen LogP contribution in [0.5, 0.6) is 0 Å². The molecule has 1 aromatic rings. The normalized spacial score (nSPS) is 15.6.